The Kier molecular flexibility index (Phi) is 6.51. The summed E-state index contributed by atoms with van der Waals surface area (Å²) in [4.78, 5) is 25.7. The second kappa shape index (κ2) is 9.51. The molecule has 2 heterocycles. The zero-order valence-electron chi connectivity index (χ0n) is 20.3. The molecule has 11 heteroatoms. The van der Waals surface area contributed by atoms with Gasteiger partial charge in [-0.05, 0) is 69.3 Å². The molecule has 0 aliphatic carbocycles. The van der Waals surface area contributed by atoms with Crippen LogP contribution in [0.5, 0.6) is 5.75 Å². The highest BCUT2D eigenvalue weighted by molar-refractivity contribution is 7.92. The van der Waals surface area contributed by atoms with E-state index in [1.165, 1.54) is 18.2 Å². The van der Waals surface area contributed by atoms with Crippen LogP contribution in [0.15, 0.2) is 70.4 Å². The summed E-state index contributed by atoms with van der Waals surface area (Å²) < 4.78 is 36.7. The summed E-state index contributed by atoms with van der Waals surface area (Å²) in [7, 11) is -4.01. The zero-order chi connectivity index (χ0) is 26.5. The lowest BCUT2D eigenvalue weighted by Gasteiger charge is -2.35. The highest BCUT2D eigenvalue weighted by Gasteiger charge is 2.38. The molecule has 0 saturated carbocycles. The van der Waals surface area contributed by atoms with Gasteiger partial charge in [-0.15, -0.1) is 0 Å². The number of carbonyl (C=O) groups is 1. The number of hydrogen-bond acceptors (Lipinski definition) is 6. The quantitative estimate of drug-likeness (QED) is 0.364. The summed E-state index contributed by atoms with van der Waals surface area (Å²) in [6.07, 6.45) is -1.12. The van der Waals surface area contributed by atoms with Crippen LogP contribution in [-0.2, 0) is 14.8 Å². The molecular formula is C26H24ClN3O5S2. The lowest BCUT2D eigenvalue weighted by atomic mass is 10.2. The predicted molar refractivity (Wildman–Crippen MR) is 147 cm³/mol. The fourth-order valence-electron chi connectivity index (χ4n) is 4.25. The summed E-state index contributed by atoms with van der Waals surface area (Å²) >= 11 is 7.27. The Morgan fingerprint density at radius 2 is 1.84 bits per heavy atom. The summed E-state index contributed by atoms with van der Waals surface area (Å²) in [5.41, 5.74) is 2.46. The molecule has 1 atom stereocenters. The van der Waals surface area contributed by atoms with E-state index in [4.69, 9.17) is 16.3 Å². The minimum absolute atomic E-state index is 0.00682. The van der Waals surface area contributed by atoms with Crippen molar-refractivity contribution in [1.29, 1.82) is 0 Å². The van der Waals surface area contributed by atoms with Crippen LogP contribution in [0.2, 0.25) is 5.02 Å². The largest absolute Gasteiger partial charge is 0.476 e. The van der Waals surface area contributed by atoms with E-state index in [1.54, 1.807) is 47.0 Å². The minimum Gasteiger partial charge on any atom is -0.476 e. The number of amides is 1. The lowest BCUT2D eigenvalue weighted by Crippen LogP contribution is -2.48. The topological polar surface area (TPSA) is 97.7 Å². The van der Waals surface area contributed by atoms with Crippen molar-refractivity contribution in [3.63, 3.8) is 0 Å². The Hall–Kier alpha value is -3.34. The van der Waals surface area contributed by atoms with Crippen molar-refractivity contribution in [2.75, 3.05) is 16.2 Å². The number of aryl methyl sites for hydroxylation is 1. The number of sulfonamides is 1. The Morgan fingerprint density at radius 3 is 2.54 bits per heavy atom. The predicted octanol–water partition coefficient (Wildman–Crippen LogP) is 5.20. The van der Waals surface area contributed by atoms with Gasteiger partial charge in [-0.25, -0.2) is 8.42 Å². The number of nitrogens with zero attached hydrogens (tertiary/aromatic N) is 2. The second-order valence-electron chi connectivity index (χ2n) is 9.07. The highest BCUT2D eigenvalue weighted by atomic mass is 35.5. The van der Waals surface area contributed by atoms with E-state index in [0.717, 1.165) is 31.4 Å². The van der Waals surface area contributed by atoms with Gasteiger partial charge in [-0.3, -0.25) is 18.5 Å². The van der Waals surface area contributed by atoms with Gasteiger partial charge >= 0.3 is 4.87 Å². The molecule has 0 saturated heterocycles. The number of ether oxygens (including phenoxy) is 1. The fourth-order valence-corrected chi connectivity index (χ4v) is 6.94. The van der Waals surface area contributed by atoms with Gasteiger partial charge in [0.1, 0.15) is 5.75 Å². The first kappa shape index (κ1) is 25.3. The Bertz CT molecular complexity index is 1680. The number of rotatable bonds is 5. The number of carbonyl (C=O) groups excluding carboxylic acids is 1. The molecule has 3 aromatic carbocycles. The van der Waals surface area contributed by atoms with Crippen LogP contribution >= 0.6 is 22.9 Å². The van der Waals surface area contributed by atoms with E-state index >= 15 is 0 Å². The molecule has 5 rings (SSSR count). The third-order valence-corrected chi connectivity index (χ3v) is 9.04. The Morgan fingerprint density at radius 1 is 1.11 bits per heavy atom. The van der Waals surface area contributed by atoms with Gasteiger partial charge in [0.2, 0.25) is 0 Å². The maximum atomic E-state index is 13.6. The van der Waals surface area contributed by atoms with Crippen LogP contribution in [0.4, 0.5) is 11.4 Å². The first-order valence-electron chi connectivity index (χ1n) is 11.6. The normalized spacial score (nSPS) is 15.5. The molecule has 37 heavy (non-hydrogen) atoms. The molecule has 1 amide bonds. The third kappa shape index (κ3) is 4.72. The number of anilines is 2. The van der Waals surface area contributed by atoms with Crippen LogP contribution in [0.3, 0.4) is 0 Å². The molecule has 1 aliphatic heterocycles. The molecule has 0 spiro atoms. The molecule has 0 unspecified atom stereocenters. The van der Waals surface area contributed by atoms with Crippen molar-refractivity contribution < 1.29 is 17.9 Å². The number of benzene rings is 3. The standard InChI is InChI=1S/C26H24ClN3O5S2/c1-15(2)30-20-10-7-18(13-24(20)36-26(30)32)28-25(31)23-14-29(21-12-17(27)6-11-22(21)35-23)37(33,34)19-8-4-16(3)5-9-19/h4-13,15,23H,14H2,1-3H3,(H,28,31)/t23-/m0/s1. The van der Waals surface area contributed by atoms with Crippen molar-refractivity contribution in [2.45, 2.75) is 37.8 Å². The monoisotopic (exact) mass is 557 g/mol. The summed E-state index contributed by atoms with van der Waals surface area (Å²) in [5, 5.41) is 3.15. The average Bonchev–Trinajstić information content (AvgIpc) is 3.18. The van der Waals surface area contributed by atoms with E-state index in [9.17, 15) is 18.0 Å². The number of thiazole rings is 1. The van der Waals surface area contributed by atoms with Crippen LogP contribution in [0, 0.1) is 6.92 Å². The molecule has 0 radical (unpaired) electrons. The second-order valence-corrected chi connectivity index (χ2v) is 12.4. The zero-order valence-corrected chi connectivity index (χ0v) is 22.7. The van der Waals surface area contributed by atoms with Gasteiger partial charge in [0.25, 0.3) is 15.9 Å². The smallest absolute Gasteiger partial charge is 0.308 e. The van der Waals surface area contributed by atoms with Crippen molar-refractivity contribution >= 4 is 60.5 Å². The van der Waals surface area contributed by atoms with E-state index in [2.05, 4.69) is 5.32 Å². The van der Waals surface area contributed by atoms with E-state index in [-0.39, 0.29) is 33.8 Å². The molecule has 1 N–H and O–H groups in total. The first-order chi connectivity index (χ1) is 17.5. The fraction of sp³-hybridized carbons (Fsp3) is 0.231. The van der Waals surface area contributed by atoms with Gasteiger partial charge in [0, 0.05) is 16.8 Å². The average molecular weight is 558 g/mol. The molecule has 4 aromatic rings. The van der Waals surface area contributed by atoms with Gasteiger partial charge < -0.3 is 10.1 Å². The summed E-state index contributed by atoms with van der Waals surface area (Å²) in [6, 6.07) is 16.4. The third-order valence-electron chi connectivity index (χ3n) is 6.09. The maximum Gasteiger partial charge on any atom is 0.308 e. The molecule has 192 valence electrons. The maximum absolute atomic E-state index is 13.6. The van der Waals surface area contributed by atoms with Crippen molar-refractivity contribution in [3.05, 3.63) is 80.9 Å². The number of fused-ring (bicyclic) bond motifs is 2. The van der Waals surface area contributed by atoms with Crippen molar-refractivity contribution in [2.24, 2.45) is 0 Å². The molecular weight excluding hydrogens is 534 g/mol. The van der Waals surface area contributed by atoms with E-state index in [0.29, 0.717) is 10.7 Å². The summed E-state index contributed by atoms with van der Waals surface area (Å²) in [5.74, 6) is -0.283. The first-order valence-corrected chi connectivity index (χ1v) is 14.2. The van der Waals surface area contributed by atoms with E-state index in [1.807, 2.05) is 20.8 Å². The van der Waals surface area contributed by atoms with Crippen LogP contribution < -0.4 is 19.2 Å². The number of halogens is 1. The Labute approximate surface area is 223 Å². The lowest BCUT2D eigenvalue weighted by molar-refractivity contribution is -0.122. The molecule has 1 aliphatic rings. The molecule has 0 bridgehead atoms. The van der Waals surface area contributed by atoms with Crippen molar-refractivity contribution in [1.82, 2.24) is 4.57 Å². The van der Waals surface area contributed by atoms with Gasteiger partial charge in [0.05, 0.1) is 27.3 Å². The Balaban J connectivity index is 1.46. The van der Waals surface area contributed by atoms with Crippen LogP contribution in [0.25, 0.3) is 10.2 Å². The number of nitrogens with one attached hydrogen (secondary N) is 1. The van der Waals surface area contributed by atoms with Gasteiger partial charge in [-0.2, -0.15) is 0 Å². The number of aromatic nitrogens is 1. The van der Waals surface area contributed by atoms with Crippen LogP contribution in [0.1, 0.15) is 25.5 Å². The molecule has 8 nitrogen and oxygen atoms in total. The van der Waals surface area contributed by atoms with Gasteiger partial charge in [0.15, 0.2) is 6.10 Å². The minimum atomic E-state index is -4.01. The van der Waals surface area contributed by atoms with Gasteiger partial charge in [-0.1, -0.05) is 40.6 Å². The summed E-state index contributed by atoms with van der Waals surface area (Å²) in [6.45, 7) is 5.50. The SMILES string of the molecule is Cc1ccc(S(=O)(=O)N2C[C@@H](C(=O)Nc3ccc4c(c3)sc(=O)n4C(C)C)Oc3ccc(Cl)cc32)cc1. The van der Waals surface area contributed by atoms with E-state index < -0.39 is 22.0 Å². The molecule has 0 fully saturated rings. The number of hydrogen-bond donors (Lipinski definition) is 1. The van der Waals surface area contributed by atoms with Crippen molar-refractivity contribution in [3.8, 4) is 5.75 Å². The highest BCUT2D eigenvalue weighted by Crippen LogP contribution is 2.39. The molecule has 1 aromatic heterocycles. The van der Waals surface area contributed by atoms with Crippen LogP contribution in [-0.4, -0.2) is 31.5 Å².